The van der Waals surface area contributed by atoms with E-state index in [1.54, 1.807) is 0 Å². The van der Waals surface area contributed by atoms with E-state index < -0.39 is 0 Å². The summed E-state index contributed by atoms with van der Waals surface area (Å²) in [6, 6.07) is 0. The van der Waals surface area contributed by atoms with E-state index in [-0.39, 0.29) is 34.6 Å². The number of carbonyl (C=O) groups excluding carboxylic acids is 4. The molecule has 66 valence electrons. The van der Waals surface area contributed by atoms with Crippen LogP contribution in [0.15, 0.2) is 0 Å². The van der Waals surface area contributed by atoms with Crippen LogP contribution in [0.5, 0.6) is 0 Å². The van der Waals surface area contributed by atoms with Gasteiger partial charge in [0.1, 0.15) is 0 Å². The Bertz CT molecular complexity index is 91.4. The standard InChI is InChI=1S/2CO2.CO.3CH4/c2*2-1-3;1-2;;;/h;;;3*1H4. The van der Waals surface area contributed by atoms with Gasteiger partial charge in [-0.1, -0.05) is 22.3 Å². The van der Waals surface area contributed by atoms with Gasteiger partial charge in [-0.2, -0.15) is 19.2 Å². The van der Waals surface area contributed by atoms with Gasteiger partial charge in [0, 0.05) is 0 Å². The molecule has 0 fully saturated rings. The Hall–Kier alpha value is -1.50. The van der Waals surface area contributed by atoms with Gasteiger partial charge in [0.2, 0.25) is 0 Å². The first-order valence-electron chi connectivity index (χ1n) is 1.02. The van der Waals surface area contributed by atoms with E-state index in [4.69, 9.17) is 23.8 Å². The SMILES string of the molecule is C.C.C.O=C=O.O=C=O.[C-]#[O+]. The molecule has 0 atom stereocenters. The van der Waals surface area contributed by atoms with Crippen molar-refractivity contribution in [3.63, 3.8) is 0 Å². The normalized spacial score (nSPS) is 1.64. The summed E-state index contributed by atoms with van der Waals surface area (Å²) >= 11 is 0. The van der Waals surface area contributed by atoms with Gasteiger partial charge in [0.25, 0.3) is 0 Å². The van der Waals surface area contributed by atoms with Crippen molar-refractivity contribution in [3.8, 4) is 0 Å². The van der Waals surface area contributed by atoms with Crippen LogP contribution in [0.2, 0.25) is 0 Å². The summed E-state index contributed by atoms with van der Waals surface area (Å²) in [5.74, 6) is 0. The van der Waals surface area contributed by atoms with Crippen LogP contribution in [-0.2, 0) is 23.8 Å². The Morgan fingerprint density at radius 3 is 0.727 bits per heavy atom. The fourth-order valence-corrected chi connectivity index (χ4v) is 0. The fraction of sp³-hybridized carbons (Fsp3) is 0.500. The third-order valence-electron chi connectivity index (χ3n) is 0. The van der Waals surface area contributed by atoms with Crippen LogP contribution in [0.25, 0.3) is 0 Å². The molecule has 0 bridgehead atoms. The summed E-state index contributed by atoms with van der Waals surface area (Å²) in [4.78, 5) is 32.5. The van der Waals surface area contributed by atoms with Crippen molar-refractivity contribution in [1.29, 1.82) is 0 Å². The van der Waals surface area contributed by atoms with Crippen LogP contribution in [0.4, 0.5) is 0 Å². The number of hydrogen-bond acceptors (Lipinski definition) is 4. The van der Waals surface area contributed by atoms with Crippen molar-refractivity contribution >= 4 is 12.3 Å². The molecule has 0 heterocycles. The van der Waals surface area contributed by atoms with Gasteiger partial charge in [0.15, 0.2) is 0 Å². The number of rotatable bonds is 0. The zero-order valence-electron chi connectivity index (χ0n) is 3.54. The molecule has 0 unspecified atom stereocenters. The monoisotopic (exact) mass is 164 g/mol. The maximum atomic E-state index is 8.12. The summed E-state index contributed by atoms with van der Waals surface area (Å²) in [7, 11) is 0. The molecule has 0 aromatic heterocycles. The molecule has 0 radical (unpaired) electrons. The topological polar surface area (TPSA) is 88.2 Å². The Balaban J connectivity index is -0.00000000764. The van der Waals surface area contributed by atoms with Crippen molar-refractivity contribution in [3.05, 3.63) is 6.65 Å². The number of hydrogen-bond donors (Lipinski definition) is 0. The van der Waals surface area contributed by atoms with Gasteiger partial charge >= 0.3 is 23.6 Å². The van der Waals surface area contributed by atoms with Crippen LogP contribution in [0.3, 0.4) is 0 Å². The Labute approximate surface area is 66.1 Å². The maximum absolute atomic E-state index is 8.12. The molecule has 0 saturated heterocycles. The van der Waals surface area contributed by atoms with E-state index >= 15 is 0 Å². The average Bonchev–Trinajstić information content (AvgIpc) is 1.75. The van der Waals surface area contributed by atoms with Gasteiger partial charge in [-0.3, -0.25) is 0 Å². The van der Waals surface area contributed by atoms with Crippen LogP contribution in [0, 0.1) is 6.65 Å². The van der Waals surface area contributed by atoms with Crippen LogP contribution in [-0.4, -0.2) is 12.3 Å². The van der Waals surface area contributed by atoms with Crippen LogP contribution >= 0.6 is 0 Å². The quantitative estimate of drug-likeness (QED) is 0.389. The van der Waals surface area contributed by atoms with Gasteiger partial charge in [-0.25, -0.2) is 0 Å². The van der Waals surface area contributed by atoms with Crippen LogP contribution in [0.1, 0.15) is 22.3 Å². The molecule has 0 aliphatic rings. The van der Waals surface area contributed by atoms with E-state index in [1.807, 2.05) is 0 Å². The van der Waals surface area contributed by atoms with E-state index in [2.05, 4.69) is 6.65 Å². The first-order chi connectivity index (χ1) is 3.83. The Morgan fingerprint density at radius 1 is 0.727 bits per heavy atom. The second-order valence-corrected chi connectivity index (χ2v) is 0.167. The molecule has 0 rings (SSSR count). The first-order valence-corrected chi connectivity index (χ1v) is 1.02. The molecule has 11 heavy (non-hydrogen) atoms. The van der Waals surface area contributed by atoms with Gasteiger partial charge in [-0.05, 0) is 0 Å². The van der Waals surface area contributed by atoms with E-state index in [1.165, 1.54) is 0 Å². The molecule has 0 aromatic rings. The molecule has 0 saturated carbocycles. The molecule has 0 aliphatic carbocycles. The van der Waals surface area contributed by atoms with Crippen molar-refractivity contribution in [2.24, 2.45) is 0 Å². The van der Waals surface area contributed by atoms with Crippen molar-refractivity contribution in [2.45, 2.75) is 22.3 Å². The van der Waals surface area contributed by atoms with Gasteiger partial charge < -0.3 is 0 Å². The molecule has 0 amide bonds. The predicted molar refractivity (Wildman–Crippen MR) is 34.1 cm³/mol. The summed E-state index contributed by atoms with van der Waals surface area (Å²) in [6.45, 7) is 4.50. The van der Waals surface area contributed by atoms with Crippen molar-refractivity contribution in [2.75, 3.05) is 0 Å². The molecule has 5 nitrogen and oxygen atoms in total. The minimum atomic E-state index is 0. The molecule has 0 aromatic carbocycles. The molecule has 0 spiro atoms. The van der Waals surface area contributed by atoms with Gasteiger partial charge in [0.05, 0.1) is 0 Å². The van der Waals surface area contributed by atoms with E-state index in [0.29, 0.717) is 0 Å². The summed E-state index contributed by atoms with van der Waals surface area (Å²) in [6.07, 6.45) is 0.500. The molecular formula is C6H12O5. The zero-order chi connectivity index (χ0) is 7.41. The average molecular weight is 164 g/mol. The Morgan fingerprint density at radius 2 is 0.727 bits per heavy atom. The third kappa shape index (κ3) is 160. The fourth-order valence-electron chi connectivity index (χ4n) is 0. The summed E-state index contributed by atoms with van der Waals surface area (Å²) in [5.41, 5.74) is 0. The van der Waals surface area contributed by atoms with Crippen molar-refractivity contribution < 1.29 is 23.8 Å². The van der Waals surface area contributed by atoms with E-state index in [9.17, 15) is 0 Å². The Kier molecular flexibility index (Phi) is 9740. The third-order valence-corrected chi connectivity index (χ3v) is 0. The molecular weight excluding hydrogens is 152 g/mol. The molecule has 0 aliphatic heterocycles. The zero-order valence-corrected chi connectivity index (χ0v) is 3.54. The minimum absolute atomic E-state index is 0. The summed E-state index contributed by atoms with van der Waals surface area (Å²) in [5, 5.41) is 0. The van der Waals surface area contributed by atoms with E-state index in [0.717, 1.165) is 0 Å². The molecule has 5 heteroatoms. The molecule has 0 N–H and O–H groups in total. The predicted octanol–water partition coefficient (Wildman–Crippen LogP) is 0.704. The second-order valence-electron chi connectivity index (χ2n) is 0.167. The summed E-state index contributed by atoms with van der Waals surface area (Å²) < 4.78 is 7.50. The van der Waals surface area contributed by atoms with Crippen molar-refractivity contribution in [1.82, 2.24) is 0 Å². The van der Waals surface area contributed by atoms with Crippen LogP contribution < -0.4 is 0 Å². The second kappa shape index (κ2) is 1910. The first kappa shape index (κ1) is 56.0. The van der Waals surface area contributed by atoms with Gasteiger partial charge in [-0.15, -0.1) is 0 Å².